The fraction of sp³-hybridized carbons (Fsp3) is 0.500. The molecular weight excluding hydrogens is 194 g/mol. The van der Waals surface area contributed by atoms with Crippen molar-refractivity contribution in [1.82, 2.24) is 0 Å². The van der Waals surface area contributed by atoms with Crippen molar-refractivity contribution in [1.29, 1.82) is 0 Å². The highest BCUT2D eigenvalue weighted by molar-refractivity contribution is 6.33. The van der Waals surface area contributed by atoms with E-state index in [-0.39, 0.29) is 0 Å². The molecule has 0 aromatic heterocycles. The number of benzene rings is 1. The van der Waals surface area contributed by atoms with Crippen LogP contribution in [0.3, 0.4) is 0 Å². The Hall–Kier alpha value is -0.690. The maximum atomic E-state index is 6.17. The number of para-hydroxylation sites is 1. The topological polar surface area (TPSA) is 12.0 Å². The molecule has 1 heterocycles. The lowest BCUT2D eigenvalue weighted by Gasteiger charge is -2.27. The number of rotatable bonds is 1. The van der Waals surface area contributed by atoms with Crippen molar-refractivity contribution in [3.63, 3.8) is 0 Å². The smallest absolute Gasteiger partial charge is 0.0640 e. The van der Waals surface area contributed by atoms with Gasteiger partial charge in [0.1, 0.15) is 0 Å². The first kappa shape index (κ1) is 8.60. The molecular formula is C12H14ClN. The molecule has 1 N–H and O–H groups in total. The maximum Gasteiger partial charge on any atom is 0.0640 e. The molecule has 1 atom stereocenters. The van der Waals surface area contributed by atoms with Gasteiger partial charge < -0.3 is 5.32 Å². The number of hydrogen-bond donors (Lipinski definition) is 1. The Balaban J connectivity index is 2.05. The maximum absolute atomic E-state index is 6.17. The van der Waals surface area contributed by atoms with Gasteiger partial charge in [0.2, 0.25) is 0 Å². The molecule has 1 aliphatic carbocycles. The molecule has 1 saturated carbocycles. The summed E-state index contributed by atoms with van der Waals surface area (Å²) in [6.45, 7) is 1.08. The minimum Gasteiger partial charge on any atom is -0.384 e. The number of anilines is 1. The third kappa shape index (κ3) is 1.31. The SMILES string of the molecule is Clc1cccc2c1NCCC2C1CC1. The van der Waals surface area contributed by atoms with E-state index in [1.807, 2.05) is 6.07 Å². The molecule has 3 rings (SSSR count). The van der Waals surface area contributed by atoms with Crippen LogP contribution in [0.1, 0.15) is 30.7 Å². The number of hydrogen-bond acceptors (Lipinski definition) is 1. The van der Waals surface area contributed by atoms with Gasteiger partial charge in [-0.15, -0.1) is 0 Å². The van der Waals surface area contributed by atoms with Gasteiger partial charge in [0.25, 0.3) is 0 Å². The van der Waals surface area contributed by atoms with Crippen LogP contribution in [0.15, 0.2) is 18.2 Å². The molecule has 1 unspecified atom stereocenters. The van der Waals surface area contributed by atoms with Crippen LogP contribution < -0.4 is 5.32 Å². The van der Waals surface area contributed by atoms with Crippen molar-refractivity contribution in [3.8, 4) is 0 Å². The summed E-state index contributed by atoms with van der Waals surface area (Å²) in [7, 11) is 0. The summed E-state index contributed by atoms with van der Waals surface area (Å²) in [6.07, 6.45) is 4.10. The van der Waals surface area contributed by atoms with Crippen molar-refractivity contribution in [2.75, 3.05) is 11.9 Å². The average molecular weight is 208 g/mol. The fourth-order valence-electron chi connectivity index (χ4n) is 2.53. The zero-order valence-electron chi connectivity index (χ0n) is 8.09. The molecule has 1 aromatic carbocycles. The zero-order chi connectivity index (χ0) is 9.54. The largest absolute Gasteiger partial charge is 0.384 e. The number of nitrogens with one attached hydrogen (secondary N) is 1. The van der Waals surface area contributed by atoms with E-state index < -0.39 is 0 Å². The summed E-state index contributed by atoms with van der Waals surface area (Å²) < 4.78 is 0. The highest BCUT2D eigenvalue weighted by Gasteiger charge is 2.35. The first-order chi connectivity index (χ1) is 6.86. The highest BCUT2D eigenvalue weighted by Crippen LogP contribution is 2.49. The average Bonchev–Trinajstić information content (AvgIpc) is 3.01. The van der Waals surface area contributed by atoms with E-state index in [1.54, 1.807) is 0 Å². The normalized spacial score (nSPS) is 25.4. The molecule has 1 aromatic rings. The summed E-state index contributed by atoms with van der Waals surface area (Å²) in [4.78, 5) is 0. The van der Waals surface area contributed by atoms with Crippen molar-refractivity contribution in [2.45, 2.75) is 25.2 Å². The summed E-state index contributed by atoms with van der Waals surface area (Å²) in [5.74, 6) is 1.71. The van der Waals surface area contributed by atoms with E-state index in [0.29, 0.717) is 0 Å². The first-order valence-electron chi connectivity index (χ1n) is 5.38. The molecule has 0 amide bonds. The van der Waals surface area contributed by atoms with Crippen LogP contribution in [0.25, 0.3) is 0 Å². The Morgan fingerprint density at radius 2 is 2.07 bits per heavy atom. The molecule has 0 saturated heterocycles. The lowest BCUT2D eigenvalue weighted by molar-refractivity contribution is 0.560. The van der Waals surface area contributed by atoms with E-state index >= 15 is 0 Å². The van der Waals surface area contributed by atoms with Gasteiger partial charge in [0, 0.05) is 6.54 Å². The lowest BCUT2D eigenvalue weighted by atomic mass is 9.87. The molecule has 0 spiro atoms. The van der Waals surface area contributed by atoms with Crippen LogP contribution in [-0.2, 0) is 0 Å². The van der Waals surface area contributed by atoms with Crippen LogP contribution >= 0.6 is 11.6 Å². The molecule has 14 heavy (non-hydrogen) atoms. The third-order valence-electron chi connectivity index (χ3n) is 3.39. The van der Waals surface area contributed by atoms with E-state index in [0.717, 1.165) is 23.4 Å². The molecule has 2 heteroatoms. The summed E-state index contributed by atoms with van der Waals surface area (Å²) >= 11 is 6.17. The van der Waals surface area contributed by atoms with Crippen molar-refractivity contribution in [2.24, 2.45) is 5.92 Å². The van der Waals surface area contributed by atoms with Crippen molar-refractivity contribution >= 4 is 17.3 Å². The second kappa shape index (κ2) is 3.16. The van der Waals surface area contributed by atoms with Crippen LogP contribution in [0.4, 0.5) is 5.69 Å². The van der Waals surface area contributed by atoms with E-state index in [9.17, 15) is 0 Å². The van der Waals surface area contributed by atoms with Gasteiger partial charge in [-0.25, -0.2) is 0 Å². The minimum atomic E-state index is 0.768. The van der Waals surface area contributed by atoms with Gasteiger partial charge in [-0.2, -0.15) is 0 Å². The molecule has 0 bridgehead atoms. The van der Waals surface area contributed by atoms with Gasteiger partial charge in [-0.1, -0.05) is 23.7 Å². The van der Waals surface area contributed by atoms with Gasteiger partial charge in [0.05, 0.1) is 10.7 Å². The van der Waals surface area contributed by atoms with E-state index in [4.69, 9.17) is 11.6 Å². The summed E-state index contributed by atoms with van der Waals surface area (Å²) in [5.41, 5.74) is 2.64. The minimum absolute atomic E-state index is 0.768. The van der Waals surface area contributed by atoms with Crippen molar-refractivity contribution < 1.29 is 0 Å². The quantitative estimate of drug-likeness (QED) is 0.742. The molecule has 2 aliphatic rings. The molecule has 1 nitrogen and oxygen atoms in total. The second-order valence-electron chi connectivity index (χ2n) is 4.36. The first-order valence-corrected chi connectivity index (χ1v) is 5.76. The summed E-state index contributed by atoms with van der Waals surface area (Å²) in [5, 5.41) is 4.29. The fourth-order valence-corrected chi connectivity index (χ4v) is 2.78. The number of halogens is 1. The Kier molecular flexibility index (Phi) is 1.94. The van der Waals surface area contributed by atoms with Crippen LogP contribution in [-0.4, -0.2) is 6.54 Å². The van der Waals surface area contributed by atoms with E-state index in [2.05, 4.69) is 17.4 Å². The predicted molar refractivity (Wildman–Crippen MR) is 60.0 cm³/mol. The Labute approximate surface area is 89.5 Å². The highest BCUT2D eigenvalue weighted by atomic mass is 35.5. The van der Waals surface area contributed by atoms with Gasteiger partial charge in [-0.3, -0.25) is 0 Å². The second-order valence-corrected chi connectivity index (χ2v) is 4.77. The van der Waals surface area contributed by atoms with Gasteiger partial charge >= 0.3 is 0 Å². The molecule has 1 aliphatic heterocycles. The van der Waals surface area contributed by atoms with Crippen LogP contribution in [0.5, 0.6) is 0 Å². The molecule has 1 fully saturated rings. The van der Waals surface area contributed by atoms with Crippen LogP contribution in [0.2, 0.25) is 5.02 Å². The number of fused-ring (bicyclic) bond motifs is 1. The third-order valence-corrected chi connectivity index (χ3v) is 3.71. The lowest BCUT2D eigenvalue weighted by Crippen LogP contribution is -2.18. The molecule has 74 valence electrons. The Bertz CT molecular complexity index is 357. The monoisotopic (exact) mass is 207 g/mol. The standard InChI is InChI=1S/C12H14ClN/c13-11-3-1-2-10-9(8-4-5-8)6-7-14-12(10)11/h1-3,8-9,14H,4-7H2. The Morgan fingerprint density at radius 3 is 2.86 bits per heavy atom. The van der Waals surface area contributed by atoms with Gasteiger partial charge in [-0.05, 0) is 42.7 Å². The van der Waals surface area contributed by atoms with E-state index in [1.165, 1.54) is 30.5 Å². The van der Waals surface area contributed by atoms with Gasteiger partial charge in [0.15, 0.2) is 0 Å². The van der Waals surface area contributed by atoms with Crippen molar-refractivity contribution in [3.05, 3.63) is 28.8 Å². The summed E-state index contributed by atoms with van der Waals surface area (Å²) in [6, 6.07) is 6.28. The zero-order valence-corrected chi connectivity index (χ0v) is 8.85. The van der Waals surface area contributed by atoms with Crippen LogP contribution in [0, 0.1) is 5.92 Å². The molecule has 0 radical (unpaired) electrons. The Morgan fingerprint density at radius 1 is 1.21 bits per heavy atom. The predicted octanol–water partition coefficient (Wildman–Crippen LogP) is 3.65.